The number of carbonyl (C=O) groups is 2. The van der Waals surface area contributed by atoms with Gasteiger partial charge in [-0.1, -0.05) is 11.6 Å². The van der Waals surface area contributed by atoms with Gasteiger partial charge >= 0.3 is 6.18 Å². The second kappa shape index (κ2) is 9.23. The van der Waals surface area contributed by atoms with Gasteiger partial charge in [0, 0.05) is 23.2 Å². The molecule has 3 rings (SSSR count). The van der Waals surface area contributed by atoms with Gasteiger partial charge in [0.1, 0.15) is 10.8 Å². The number of carbonyl (C=O) groups excluding carboxylic acids is 2. The first-order valence-electron chi connectivity index (χ1n) is 9.15. The number of benzene rings is 2. The van der Waals surface area contributed by atoms with Crippen molar-refractivity contribution in [3.63, 3.8) is 0 Å². The first kappa shape index (κ1) is 25.5. The van der Waals surface area contributed by atoms with Crippen LogP contribution in [0.15, 0.2) is 30.3 Å². The Hall–Kier alpha value is -2.17. The summed E-state index contributed by atoms with van der Waals surface area (Å²) in [5.41, 5.74) is 0.250. The molecule has 178 valence electrons. The number of hydrogen-bond acceptors (Lipinski definition) is 2. The Morgan fingerprint density at radius 2 is 1.64 bits per heavy atom. The summed E-state index contributed by atoms with van der Waals surface area (Å²) in [5.74, 6) is -8.77. The van der Waals surface area contributed by atoms with E-state index in [0.717, 1.165) is 0 Å². The Kier molecular flexibility index (Phi) is 7.12. The number of anilines is 1. The van der Waals surface area contributed by atoms with Crippen LogP contribution in [0.25, 0.3) is 0 Å². The van der Waals surface area contributed by atoms with Crippen LogP contribution in [-0.4, -0.2) is 22.3 Å². The van der Waals surface area contributed by atoms with E-state index >= 15 is 0 Å². The van der Waals surface area contributed by atoms with Crippen molar-refractivity contribution in [3.8, 4) is 0 Å². The molecular formula is C20H13Cl3F6N2O2. The van der Waals surface area contributed by atoms with Gasteiger partial charge in [-0.2, -0.15) is 13.2 Å². The van der Waals surface area contributed by atoms with Crippen molar-refractivity contribution in [2.75, 3.05) is 5.32 Å². The fourth-order valence-electron chi connectivity index (χ4n) is 3.27. The van der Waals surface area contributed by atoms with Gasteiger partial charge in [0.25, 0.3) is 0 Å². The fourth-order valence-corrected chi connectivity index (χ4v) is 4.28. The third-order valence-corrected chi connectivity index (χ3v) is 6.16. The maximum Gasteiger partial charge on any atom is 0.397 e. The van der Waals surface area contributed by atoms with Crippen LogP contribution in [0.4, 0.5) is 32.0 Å². The fraction of sp³-hybridized carbons (Fsp3) is 0.300. The highest BCUT2D eigenvalue weighted by atomic mass is 35.5. The molecule has 2 aromatic carbocycles. The van der Waals surface area contributed by atoms with Crippen LogP contribution in [-0.2, 0) is 16.1 Å². The zero-order valence-electron chi connectivity index (χ0n) is 16.2. The van der Waals surface area contributed by atoms with Gasteiger partial charge in [-0.05, 0) is 41.5 Å². The second-order valence-corrected chi connectivity index (χ2v) is 9.14. The third-order valence-electron chi connectivity index (χ3n) is 4.85. The van der Waals surface area contributed by atoms with Crippen molar-refractivity contribution in [2.24, 2.45) is 5.92 Å². The molecule has 1 aliphatic carbocycles. The summed E-state index contributed by atoms with van der Waals surface area (Å²) in [6, 6.07) is 5.42. The van der Waals surface area contributed by atoms with Gasteiger partial charge in [-0.3, -0.25) is 9.59 Å². The van der Waals surface area contributed by atoms with E-state index in [1.807, 2.05) is 0 Å². The molecule has 13 heteroatoms. The number of amides is 2. The van der Waals surface area contributed by atoms with Crippen molar-refractivity contribution in [1.82, 2.24) is 5.32 Å². The normalized spacial score (nSPS) is 19.2. The van der Waals surface area contributed by atoms with Crippen LogP contribution in [0, 0.1) is 23.4 Å². The van der Waals surface area contributed by atoms with Gasteiger partial charge in [-0.15, -0.1) is 23.2 Å². The molecule has 2 atom stereocenters. The van der Waals surface area contributed by atoms with E-state index in [-0.39, 0.29) is 28.4 Å². The number of rotatable bonds is 6. The van der Waals surface area contributed by atoms with Crippen molar-refractivity contribution in [3.05, 3.63) is 63.9 Å². The Bertz CT molecular complexity index is 1090. The van der Waals surface area contributed by atoms with E-state index in [2.05, 4.69) is 10.6 Å². The zero-order valence-corrected chi connectivity index (χ0v) is 18.4. The highest BCUT2D eigenvalue weighted by molar-refractivity contribution is 6.53. The molecule has 33 heavy (non-hydrogen) atoms. The second-order valence-electron chi connectivity index (χ2n) is 7.29. The smallest absolute Gasteiger partial charge is 0.352 e. The van der Waals surface area contributed by atoms with Gasteiger partial charge in [0.15, 0.2) is 17.5 Å². The largest absolute Gasteiger partial charge is 0.397 e. The first-order chi connectivity index (χ1) is 15.2. The first-order valence-corrected chi connectivity index (χ1v) is 10.3. The summed E-state index contributed by atoms with van der Waals surface area (Å²) in [4.78, 5) is 24.0. The topological polar surface area (TPSA) is 58.2 Å². The van der Waals surface area contributed by atoms with Gasteiger partial charge < -0.3 is 10.6 Å². The lowest BCUT2D eigenvalue weighted by molar-refractivity contribution is -0.153. The van der Waals surface area contributed by atoms with Crippen LogP contribution in [0.5, 0.6) is 0 Å². The molecule has 2 N–H and O–H groups in total. The van der Waals surface area contributed by atoms with Crippen molar-refractivity contribution >= 4 is 52.3 Å². The van der Waals surface area contributed by atoms with Gasteiger partial charge in [0.2, 0.25) is 11.8 Å². The Morgan fingerprint density at radius 1 is 1.03 bits per heavy atom. The molecule has 1 saturated carbocycles. The van der Waals surface area contributed by atoms with Gasteiger partial charge in [-0.25, -0.2) is 13.2 Å². The number of halogens is 9. The monoisotopic (exact) mass is 532 g/mol. The summed E-state index contributed by atoms with van der Waals surface area (Å²) in [6.45, 7) is -0.341. The lowest BCUT2D eigenvalue weighted by atomic mass is 10.1. The maximum absolute atomic E-state index is 13.6. The van der Waals surface area contributed by atoms with Crippen LogP contribution in [0.3, 0.4) is 0 Å². The summed E-state index contributed by atoms with van der Waals surface area (Å²) in [6.07, 6.45) is -6.33. The minimum Gasteiger partial charge on any atom is -0.352 e. The van der Waals surface area contributed by atoms with E-state index in [0.29, 0.717) is 12.1 Å². The molecule has 0 radical (unpaired) electrons. The molecule has 2 aromatic rings. The van der Waals surface area contributed by atoms with E-state index in [9.17, 15) is 35.9 Å². The van der Waals surface area contributed by atoms with Crippen molar-refractivity contribution in [1.29, 1.82) is 0 Å². The highest BCUT2D eigenvalue weighted by Crippen LogP contribution is 2.65. The quantitative estimate of drug-likeness (QED) is 0.278. The van der Waals surface area contributed by atoms with E-state index < -0.39 is 58.0 Å². The standard InChI is InChI=1S/C20H13Cl3F6N2O2/c21-11-2-1-10(3-9(11)7-30-14(32)6-19(27,28)29)31-18(33)16-15(20(16,22)23)8-4-12(24)17(26)13(25)5-8/h1-5,15-16H,6-7H2,(H,30,32)(H,31,33). The number of nitrogens with one attached hydrogen (secondary N) is 2. The third kappa shape index (κ3) is 5.85. The van der Waals surface area contributed by atoms with Gasteiger partial charge in [0.05, 0.1) is 5.92 Å². The average molecular weight is 534 g/mol. The molecule has 0 aromatic heterocycles. The minimum absolute atomic E-state index is 0.110. The van der Waals surface area contributed by atoms with Crippen LogP contribution in [0.1, 0.15) is 23.5 Å². The predicted molar refractivity (Wildman–Crippen MR) is 110 cm³/mol. The molecule has 0 bridgehead atoms. The van der Waals surface area contributed by atoms with Crippen molar-refractivity contribution < 1.29 is 35.9 Å². The summed E-state index contributed by atoms with van der Waals surface area (Å²) in [5, 5.41) is 4.66. The number of alkyl halides is 5. The molecule has 0 aliphatic heterocycles. The Balaban J connectivity index is 1.70. The summed E-state index contributed by atoms with van der Waals surface area (Å²) in [7, 11) is 0. The summed E-state index contributed by atoms with van der Waals surface area (Å²) >= 11 is 18.2. The van der Waals surface area contributed by atoms with E-state index in [1.54, 1.807) is 0 Å². The maximum atomic E-state index is 13.6. The molecule has 2 amide bonds. The molecule has 2 unspecified atom stereocenters. The van der Waals surface area contributed by atoms with Crippen molar-refractivity contribution in [2.45, 2.75) is 29.4 Å². The minimum atomic E-state index is -4.67. The molecule has 1 fully saturated rings. The zero-order chi connectivity index (χ0) is 24.7. The molecule has 0 heterocycles. The molecule has 0 spiro atoms. The molecule has 1 aliphatic rings. The lowest BCUT2D eigenvalue weighted by Gasteiger charge is -2.11. The average Bonchev–Trinajstić information content (AvgIpc) is 3.27. The number of hydrogen-bond donors (Lipinski definition) is 2. The summed E-state index contributed by atoms with van der Waals surface area (Å²) < 4.78 is 75.4. The van der Waals surface area contributed by atoms with Crippen LogP contribution in [0.2, 0.25) is 5.02 Å². The Morgan fingerprint density at radius 3 is 2.21 bits per heavy atom. The highest BCUT2D eigenvalue weighted by Gasteiger charge is 2.67. The molecular weight excluding hydrogens is 521 g/mol. The van der Waals surface area contributed by atoms with Crippen LogP contribution >= 0.6 is 34.8 Å². The predicted octanol–water partition coefficient (Wildman–Crippen LogP) is 5.85. The lowest BCUT2D eigenvalue weighted by Crippen LogP contribution is -2.28. The van der Waals surface area contributed by atoms with E-state index in [1.165, 1.54) is 18.2 Å². The van der Waals surface area contributed by atoms with Crippen LogP contribution < -0.4 is 10.6 Å². The molecule has 0 saturated heterocycles. The SMILES string of the molecule is O=C(CC(F)(F)F)NCc1cc(NC(=O)C2C(c3cc(F)c(F)c(F)c3)C2(Cl)Cl)ccc1Cl. The molecule has 4 nitrogen and oxygen atoms in total. The Labute approximate surface area is 198 Å². The van der Waals surface area contributed by atoms with E-state index in [4.69, 9.17) is 34.8 Å².